The number of ketones is 1. The molecular weight excluding hydrogens is 490 g/mol. The van der Waals surface area contributed by atoms with Gasteiger partial charge in [-0.2, -0.15) is 0 Å². The highest BCUT2D eigenvalue weighted by molar-refractivity contribution is 6.32. The highest BCUT2D eigenvalue weighted by Crippen LogP contribution is 2.39. The number of pyridine rings is 1. The number of amides is 2. The molecule has 0 bridgehead atoms. The standard InChI is InChI=1S/C29H30ClN3O4/c1-17-12-24(33-28(36)37-29(2,3)4)25(14-22(17)30)32-27(35)15-26(34)20-7-5-6-19(13-20)21-10-11-23(31-16-21)18-8-9-18/h5-7,10-14,16,18H,8-9,15H2,1-4H3,(H,32,35)(H,33,36). The van der Waals surface area contributed by atoms with Crippen LogP contribution in [-0.2, 0) is 9.53 Å². The number of halogens is 1. The van der Waals surface area contributed by atoms with Crippen molar-refractivity contribution in [3.8, 4) is 11.1 Å². The maximum absolute atomic E-state index is 12.9. The fourth-order valence-electron chi connectivity index (χ4n) is 3.81. The number of aryl methyl sites for hydroxylation is 1. The summed E-state index contributed by atoms with van der Waals surface area (Å²) >= 11 is 6.25. The van der Waals surface area contributed by atoms with Gasteiger partial charge < -0.3 is 10.1 Å². The van der Waals surface area contributed by atoms with Crippen LogP contribution in [0.2, 0.25) is 5.02 Å². The second kappa shape index (κ2) is 10.7. The van der Waals surface area contributed by atoms with Crippen LogP contribution in [0.15, 0.2) is 54.7 Å². The molecule has 0 saturated heterocycles. The molecule has 3 aromatic rings. The summed E-state index contributed by atoms with van der Waals surface area (Å²) in [7, 11) is 0. The summed E-state index contributed by atoms with van der Waals surface area (Å²) in [6.45, 7) is 7.04. The number of nitrogens with one attached hydrogen (secondary N) is 2. The third-order valence-corrected chi connectivity index (χ3v) is 6.24. The van der Waals surface area contributed by atoms with Crippen molar-refractivity contribution in [3.63, 3.8) is 0 Å². The fraction of sp³-hybridized carbons (Fsp3) is 0.310. The SMILES string of the molecule is Cc1cc(NC(=O)OC(C)(C)C)c(NC(=O)CC(=O)c2cccc(-c3ccc(C4CC4)nc3)c2)cc1Cl. The second-order valence-electron chi connectivity index (χ2n) is 10.2. The van der Waals surface area contributed by atoms with Crippen LogP contribution in [0.3, 0.4) is 0 Å². The number of ether oxygens (including phenoxy) is 1. The minimum atomic E-state index is -0.689. The van der Waals surface area contributed by atoms with E-state index in [0.717, 1.165) is 16.8 Å². The van der Waals surface area contributed by atoms with Gasteiger partial charge in [0.15, 0.2) is 5.78 Å². The Labute approximate surface area is 221 Å². The van der Waals surface area contributed by atoms with E-state index in [-0.39, 0.29) is 17.9 Å². The number of anilines is 2. The van der Waals surface area contributed by atoms with Gasteiger partial charge in [-0.25, -0.2) is 4.79 Å². The van der Waals surface area contributed by atoms with Crippen LogP contribution in [0.25, 0.3) is 11.1 Å². The first kappa shape index (κ1) is 26.4. The summed E-state index contributed by atoms with van der Waals surface area (Å²) in [4.78, 5) is 42.6. The van der Waals surface area contributed by atoms with Crippen LogP contribution in [0.4, 0.5) is 16.2 Å². The lowest BCUT2D eigenvalue weighted by Crippen LogP contribution is -2.27. The molecule has 1 aliphatic carbocycles. The number of carbonyl (C=O) groups excluding carboxylic acids is 3. The van der Waals surface area contributed by atoms with E-state index < -0.39 is 17.6 Å². The number of rotatable bonds is 7. The topological polar surface area (TPSA) is 97.4 Å². The molecule has 37 heavy (non-hydrogen) atoms. The Bertz CT molecular complexity index is 1340. The Morgan fingerprint density at radius 2 is 1.73 bits per heavy atom. The summed E-state index contributed by atoms with van der Waals surface area (Å²) in [5.41, 5.74) is 3.91. The molecule has 0 aliphatic heterocycles. The van der Waals surface area contributed by atoms with Crippen molar-refractivity contribution in [2.24, 2.45) is 0 Å². The molecule has 0 unspecified atom stereocenters. The van der Waals surface area contributed by atoms with Gasteiger partial charge in [0.2, 0.25) is 5.91 Å². The first-order valence-corrected chi connectivity index (χ1v) is 12.6. The molecule has 0 spiro atoms. The Balaban J connectivity index is 1.45. The summed E-state index contributed by atoms with van der Waals surface area (Å²) in [5.74, 6) is -0.288. The van der Waals surface area contributed by atoms with E-state index in [2.05, 4.69) is 15.6 Å². The van der Waals surface area contributed by atoms with Crippen molar-refractivity contribution in [2.45, 2.75) is 58.5 Å². The predicted molar refractivity (Wildman–Crippen MR) is 145 cm³/mol. The third-order valence-electron chi connectivity index (χ3n) is 5.83. The van der Waals surface area contributed by atoms with Gasteiger partial charge >= 0.3 is 6.09 Å². The van der Waals surface area contributed by atoms with Crippen LogP contribution >= 0.6 is 11.6 Å². The zero-order chi connectivity index (χ0) is 26.7. The maximum atomic E-state index is 12.9. The average Bonchev–Trinajstić information content (AvgIpc) is 3.67. The molecule has 1 aromatic heterocycles. The predicted octanol–water partition coefficient (Wildman–Crippen LogP) is 7.15. The van der Waals surface area contributed by atoms with Crippen LogP contribution in [0.1, 0.15) is 67.6 Å². The van der Waals surface area contributed by atoms with Gasteiger partial charge in [0, 0.05) is 34.0 Å². The number of hydrogen-bond acceptors (Lipinski definition) is 5. The van der Waals surface area contributed by atoms with Crippen LogP contribution in [-0.4, -0.2) is 28.4 Å². The van der Waals surface area contributed by atoms with Crippen molar-refractivity contribution in [3.05, 3.63) is 76.6 Å². The van der Waals surface area contributed by atoms with E-state index in [1.165, 1.54) is 18.9 Å². The monoisotopic (exact) mass is 519 g/mol. The van der Waals surface area contributed by atoms with Crippen molar-refractivity contribution in [2.75, 3.05) is 10.6 Å². The van der Waals surface area contributed by atoms with E-state index in [1.807, 2.05) is 24.4 Å². The zero-order valence-corrected chi connectivity index (χ0v) is 22.1. The number of benzene rings is 2. The number of aromatic nitrogens is 1. The number of Topliss-reactive ketones (excluding diaryl/α,β-unsaturated/α-hetero) is 1. The lowest BCUT2D eigenvalue weighted by atomic mass is 10.0. The minimum absolute atomic E-state index is 0.273. The molecule has 0 atom stereocenters. The van der Waals surface area contributed by atoms with E-state index in [1.54, 1.807) is 52.0 Å². The van der Waals surface area contributed by atoms with Crippen molar-refractivity contribution >= 4 is 40.8 Å². The lowest BCUT2D eigenvalue weighted by Gasteiger charge is -2.21. The summed E-state index contributed by atoms with van der Waals surface area (Å²) in [5, 5.41) is 5.74. The van der Waals surface area contributed by atoms with Gasteiger partial charge in [-0.1, -0.05) is 35.9 Å². The Morgan fingerprint density at radius 3 is 2.38 bits per heavy atom. The first-order chi connectivity index (χ1) is 17.5. The molecule has 2 amide bonds. The molecule has 2 N–H and O–H groups in total. The average molecular weight is 520 g/mol. The van der Waals surface area contributed by atoms with E-state index in [4.69, 9.17) is 16.3 Å². The largest absolute Gasteiger partial charge is 0.444 e. The van der Waals surface area contributed by atoms with Crippen LogP contribution in [0.5, 0.6) is 0 Å². The maximum Gasteiger partial charge on any atom is 0.412 e. The molecule has 1 saturated carbocycles. The molecule has 1 heterocycles. The van der Waals surface area contributed by atoms with E-state index >= 15 is 0 Å². The van der Waals surface area contributed by atoms with Gasteiger partial charge in [0.05, 0.1) is 17.8 Å². The Hall–Kier alpha value is -3.71. The minimum Gasteiger partial charge on any atom is -0.444 e. The van der Waals surface area contributed by atoms with Crippen molar-refractivity contribution in [1.82, 2.24) is 4.98 Å². The number of hydrogen-bond donors (Lipinski definition) is 2. The summed E-state index contributed by atoms with van der Waals surface area (Å²) < 4.78 is 5.31. The number of carbonyl (C=O) groups is 3. The molecule has 8 heteroatoms. The molecule has 7 nitrogen and oxygen atoms in total. The van der Waals surface area contributed by atoms with Gasteiger partial charge in [0.1, 0.15) is 5.60 Å². The normalized spacial score (nSPS) is 13.1. The fourth-order valence-corrected chi connectivity index (χ4v) is 3.98. The Kier molecular flexibility index (Phi) is 7.64. The van der Waals surface area contributed by atoms with Gasteiger partial charge in [0.25, 0.3) is 0 Å². The summed E-state index contributed by atoms with van der Waals surface area (Å²) in [6, 6.07) is 14.4. The molecule has 1 aliphatic rings. The van der Waals surface area contributed by atoms with Gasteiger partial charge in [-0.15, -0.1) is 0 Å². The highest BCUT2D eigenvalue weighted by atomic mass is 35.5. The van der Waals surface area contributed by atoms with Gasteiger partial charge in [-0.05, 0) is 75.9 Å². The molecule has 192 valence electrons. The van der Waals surface area contributed by atoms with Crippen molar-refractivity contribution < 1.29 is 19.1 Å². The summed E-state index contributed by atoms with van der Waals surface area (Å²) in [6.07, 6.45) is 3.15. The second-order valence-corrected chi connectivity index (χ2v) is 10.7. The molecule has 1 fully saturated rings. The molecule has 4 rings (SSSR count). The van der Waals surface area contributed by atoms with E-state index in [9.17, 15) is 14.4 Å². The lowest BCUT2D eigenvalue weighted by molar-refractivity contribution is -0.115. The molecule has 2 aromatic carbocycles. The first-order valence-electron chi connectivity index (χ1n) is 12.2. The quantitative estimate of drug-likeness (QED) is 0.255. The molecule has 0 radical (unpaired) electrons. The third kappa shape index (κ3) is 7.17. The van der Waals surface area contributed by atoms with E-state index in [0.29, 0.717) is 27.8 Å². The van der Waals surface area contributed by atoms with Crippen LogP contribution < -0.4 is 10.6 Å². The smallest absolute Gasteiger partial charge is 0.412 e. The molecular formula is C29H30ClN3O4. The number of nitrogens with zero attached hydrogens (tertiary/aromatic N) is 1. The van der Waals surface area contributed by atoms with Gasteiger partial charge in [-0.3, -0.25) is 19.9 Å². The van der Waals surface area contributed by atoms with Crippen molar-refractivity contribution in [1.29, 1.82) is 0 Å². The zero-order valence-electron chi connectivity index (χ0n) is 21.4. The highest BCUT2D eigenvalue weighted by Gasteiger charge is 2.24. The van der Waals surface area contributed by atoms with Crippen LogP contribution in [0, 0.1) is 6.92 Å². The Morgan fingerprint density at radius 1 is 1.00 bits per heavy atom.